The Hall–Kier alpha value is -0.975. The average Bonchev–Trinajstić information content (AvgIpc) is 2.00. The van der Waals surface area contributed by atoms with Crippen LogP contribution in [-0.2, 0) is 0 Å². The summed E-state index contributed by atoms with van der Waals surface area (Å²) in [6.07, 6.45) is 12.4. The number of rotatable bonds is 0. The van der Waals surface area contributed by atoms with Crippen LogP contribution in [0.25, 0.3) is 0 Å². The summed E-state index contributed by atoms with van der Waals surface area (Å²) >= 11 is 0. The third-order valence-electron chi connectivity index (χ3n) is 1.33. The van der Waals surface area contributed by atoms with Crippen molar-refractivity contribution in [1.82, 2.24) is 0 Å². The molecule has 1 aliphatic rings. The first-order valence-electron chi connectivity index (χ1n) is 3.49. The normalized spacial score (nSPS) is 16.9. The van der Waals surface area contributed by atoms with Gasteiger partial charge in [0.05, 0.1) is 0 Å². The molecule has 9 heavy (non-hydrogen) atoms. The zero-order chi connectivity index (χ0) is 6.36. The molecule has 0 aliphatic carbocycles. The maximum absolute atomic E-state index is 2.25. The fourth-order valence-electron chi connectivity index (χ4n) is 0.812. The van der Waals surface area contributed by atoms with Crippen molar-refractivity contribution in [1.29, 1.82) is 0 Å². The Morgan fingerprint density at radius 1 is 0.556 bits per heavy atom. The maximum Gasteiger partial charge on any atom is 0.00718 e. The SMILES string of the molecule is [BH2-]1C=CC=CC=CC=C1. The van der Waals surface area contributed by atoms with Crippen LogP contribution >= 0.6 is 0 Å². The molecule has 0 aromatic heterocycles. The highest BCUT2D eigenvalue weighted by Crippen LogP contribution is 1.85. The summed E-state index contributed by atoms with van der Waals surface area (Å²) < 4.78 is 0. The van der Waals surface area contributed by atoms with Gasteiger partial charge < -0.3 is 0 Å². The van der Waals surface area contributed by atoms with Gasteiger partial charge >= 0.3 is 0 Å². The first kappa shape index (κ1) is 6.15. The van der Waals surface area contributed by atoms with Gasteiger partial charge in [-0.2, -0.15) is 0 Å². The first-order chi connectivity index (χ1) is 4.50. The number of hydrogen-bond donors (Lipinski definition) is 0. The van der Waals surface area contributed by atoms with Crippen LogP contribution in [0.5, 0.6) is 0 Å². The van der Waals surface area contributed by atoms with Gasteiger partial charge in [0.2, 0.25) is 0 Å². The summed E-state index contributed by atoms with van der Waals surface area (Å²) in [7, 11) is 0.0728. The van der Waals surface area contributed by atoms with Gasteiger partial charge in [0.25, 0.3) is 0 Å². The molecule has 0 amide bonds. The van der Waals surface area contributed by atoms with E-state index in [0.29, 0.717) is 0 Å². The molecule has 0 saturated carbocycles. The molecule has 1 heteroatoms. The van der Waals surface area contributed by atoms with Crippen molar-refractivity contribution < 1.29 is 0 Å². The highest BCUT2D eigenvalue weighted by molar-refractivity contribution is 6.48. The van der Waals surface area contributed by atoms with Crippen molar-refractivity contribution in [2.75, 3.05) is 0 Å². The Bertz CT molecular complexity index is 153. The van der Waals surface area contributed by atoms with Crippen molar-refractivity contribution in [3.05, 3.63) is 48.4 Å². The molecule has 0 bridgehead atoms. The van der Waals surface area contributed by atoms with E-state index in [-0.39, 0.29) is 7.28 Å². The highest BCUT2D eigenvalue weighted by atomic mass is 13.7. The van der Waals surface area contributed by atoms with Crippen LogP contribution in [0.3, 0.4) is 0 Å². The minimum absolute atomic E-state index is 0.0728. The molecule has 0 spiro atoms. The van der Waals surface area contributed by atoms with Gasteiger partial charge in [0.15, 0.2) is 0 Å². The lowest BCUT2D eigenvalue weighted by molar-refractivity contribution is 1.91. The lowest BCUT2D eigenvalue weighted by Gasteiger charge is -1.81. The van der Waals surface area contributed by atoms with E-state index in [0.717, 1.165) is 0 Å². The summed E-state index contributed by atoms with van der Waals surface area (Å²) in [6, 6.07) is 0. The van der Waals surface area contributed by atoms with E-state index in [1.165, 1.54) is 0 Å². The standard InChI is InChI=1S/C8H10B/c1-2-4-6-8-9-7-5-3-1/h1-8H,9H2/q-1. The minimum Gasteiger partial charge on any atom is -0.248 e. The summed E-state index contributed by atoms with van der Waals surface area (Å²) in [6.45, 7) is 0. The molecule has 46 valence electrons. The van der Waals surface area contributed by atoms with Gasteiger partial charge in [-0.15, -0.1) is 12.2 Å². The predicted molar refractivity (Wildman–Crippen MR) is 45.1 cm³/mol. The van der Waals surface area contributed by atoms with Crippen LogP contribution in [0.1, 0.15) is 0 Å². The van der Waals surface area contributed by atoms with Crippen LogP contribution in [0, 0.1) is 0 Å². The van der Waals surface area contributed by atoms with Gasteiger partial charge in [-0.3, -0.25) is 0 Å². The Morgan fingerprint density at radius 2 is 1.00 bits per heavy atom. The van der Waals surface area contributed by atoms with Crippen molar-refractivity contribution in [2.45, 2.75) is 0 Å². The largest absolute Gasteiger partial charge is 0.248 e. The van der Waals surface area contributed by atoms with Crippen molar-refractivity contribution in [3.63, 3.8) is 0 Å². The van der Waals surface area contributed by atoms with E-state index in [1.807, 2.05) is 12.2 Å². The van der Waals surface area contributed by atoms with E-state index < -0.39 is 0 Å². The fourth-order valence-corrected chi connectivity index (χ4v) is 0.812. The molecule has 0 unspecified atom stereocenters. The van der Waals surface area contributed by atoms with Crippen LogP contribution in [0.2, 0.25) is 0 Å². The van der Waals surface area contributed by atoms with E-state index in [1.54, 1.807) is 0 Å². The van der Waals surface area contributed by atoms with Crippen molar-refractivity contribution in [3.8, 4) is 0 Å². The fraction of sp³-hybridized carbons (Fsp3) is 0. The van der Waals surface area contributed by atoms with Gasteiger partial charge in [-0.1, -0.05) is 24.3 Å². The molecule has 1 heterocycles. The number of allylic oxidation sites excluding steroid dienone is 6. The molecular formula is C8H10B-. The first-order valence-corrected chi connectivity index (χ1v) is 3.49. The molecule has 0 radical (unpaired) electrons. The van der Waals surface area contributed by atoms with Gasteiger partial charge in [0, 0.05) is 7.28 Å². The molecule has 1 rings (SSSR count). The van der Waals surface area contributed by atoms with E-state index in [2.05, 4.69) is 36.3 Å². The zero-order valence-corrected chi connectivity index (χ0v) is 5.62. The van der Waals surface area contributed by atoms with Gasteiger partial charge in [-0.05, 0) is 0 Å². The highest BCUT2D eigenvalue weighted by Gasteiger charge is 1.65. The Labute approximate surface area is 56.5 Å². The summed E-state index contributed by atoms with van der Waals surface area (Å²) in [5.74, 6) is 4.50. The molecule has 0 saturated heterocycles. The third-order valence-corrected chi connectivity index (χ3v) is 1.33. The van der Waals surface area contributed by atoms with Crippen LogP contribution < -0.4 is 0 Å². The van der Waals surface area contributed by atoms with E-state index in [9.17, 15) is 0 Å². The van der Waals surface area contributed by atoms with Gasteiger partial charge in [-0.25, -0.2) is 12.0 Å². The second-order valence-electron chi connectivity index (χ2n) is 2.15. The Balaban J connectivity index is 2.60. The van der Waals surface area contributed by atoms with Crippen LogP contribution in [0.4, 0.5) is 0 Å². The molecule has 1 aliphatic heterocycles. The molecule has 0 aromatic carbocycles. The zero-order valence-electron chi connectivity index (χ0n) is 5.62. The topological polar surface area (TPSA) is 0 Å². The smallest absolute Gasteiger partial charge is 0.00718 e. The maximum atomic E-state index is 2.25. The molecule has 0 fully saturated rings. The quantitative estimate of drug-likeness (QED) is 0.419. The minimum atomic E-state index is 0.0728. The number of hydrogen-bond acceptors (Lipinski definition) is 0. The Kier molecular flexibility index (Phi) is 2.71. The predicted octanol–water partition coefficient (Wildman–Crippen LogP) is 1.31. The molecule has 0 atom stereocenters. The molecule has 0 nitrogen and oxygen atoms in total. The van der Waals surface area contributed by atoms with Crippen LogP contribution in [-0.4, -0.2) is 7.28 Å². The molecule has 0 aromatic rings. The van der Waals surface area contributed by atoms with E-state index in [4.69, 9.17) is 0 Å². The average molecular weight is 117 g/mol. The summed E-state index contributed by atoms with van der Waals surface area (Å²) in [4.78, 5) is 0. The second kappa shape index (κ2) is 3.96. The summed E-state index contributed by atoms with van der Waals surface area (Å²) in [5, 5.41) is 0. The lowest BCUT2D eigenvalue weighted by Crippen LogP contribution is -1.72. The van der Waals surface area contributed by atoms with E-state index >= 15 is 0 Å². The second-order valence-corrected chi connectivity index (χ2v) is 2.15. The lowest BCUT2D eigenvalue weighted by atomic mass is 9.78. The van der Waals surface area contributed by atoms with Crippen LogP contribution in [0.15, 0.2) is 48.4 Å². The van der Waals surface area contributed by atoms with Crippen molar-refractivity contribution >= 4 is 7.28 Å². The molecular weight excluding hydrogens is 107 g/mol. The summed E-state index contributed by atoms with van der Waals surface area (Å²) in [5.41, 5.74) is 0. The third kappa shape index (κ3) is 2.75. The Morgan fingerprint density at radius 3 is 1.56 bits per heavy atom. The molecule has 0 N–H and O–H groups in total. The monoisotopic (exact) mass is 117 g/mol. The van der Waals surface area contributed by atoms with Gasteiger partial charge in [0.1, 0.15) is 0 Å². The van der Waals surface area contributed by atoms with Crippen molar-refractivity contribution in [2.24, 2.45) is 0 Å².